The van der Waals surface area contributed by atoms with E-state index in [4.69, 9.17) is 23.2 Å². The van der Waals surface area contributed by atoms with Gasteiger partial charge in [-0.25, -0.2) is 4.99 Å². The molecule has 1 aromatic rings. The Morgan fingerprint density at radius 3 is 2.47 bits per heavy atom. The molecule has 1 nitrogen and oxygen atoms in total. The maximum atomic E-state index is 6.04. The molecule has 0 radical (unpaired) electrons. The number of hydrogen-bond donors (Lipinski definition) is 0. The van der Waals surface area contributed by atoms with Crippen molar-refractivity contribution < 1.29 is 0 Å². The normalized spacial score (nSPS) is 12.3. The highest BCUT2D eigenvalue weighted by Gasteiger charge is 2.13. The minimum atomic E-state index is 0.207. The number of rotatable bonds is 3. The Morgan fingerprint density at radius 1 is 1.47 bits per heavy atom. The average molecular weight is 262 g/mol. The van der Waals surface area contributed by atoms with Gasteiger partial charge in [0.25, 0.3) is 0 Å². The van der Waals surface area contributed by atoms with Gasteiger partial charge >= 0.3 is 0 Å². The first-order chi connectivity index (χ1) is 6.93. The quantitative estimate of drug-likeness (QED) is 0.544. The predicted octanol–water partition coefficient (Wildman–Crippen LogP) is 4.88. The largest absolute Gasteiger partial charge is 0.224 e. The molecule has 0 unspecified atom stereocenters. The molecule has 0 saturated heterocycles. The molecule has 0 spiro atoms. The van der Waals surface area contributed by atoms with Gasteiger partial charge in [-0.1, -0.05) is 43.6 Å². The van der Waals surface area contributed by atoms with E-state index in [-0.39, 0.29) is 5.16 Å². The second-order valence-corrected chi connectivity index (χ2v) is 5.25. The fraction of sp³-hybridized carbons (Fsp3) is 0.364. The molecule has 0 N–H and O–H groups in total. The summed E-state index contributed by atoms with van der Waals surface area (Å²) in [4.78, 5) is 4.92. The van der Waals surface area contributed by atoms with Crippen molar-refractivity contribution in [3.8, 4) is 0 Å². The highest BCUT2D eigenvalue weighted by molar-refractivity contribution is 7.14. The van der Waals surface area contributed by atoms with Crippen molar-refractivity contribution >= 4 is 39.7 Å². The molecule has 0 fully saturated rings. The minimum Gasteiger partial charge on any atom is -0.224 e. The van der Waals surface area contributed by atoms with Crippen LogP contribution in [0.4, 0.5) is 0 Å². The molecule has 0 aliphatic rings. The first kappa shape index (κ1) is 12.8. The van der Waals surface area contributed by atoms with Crippen molar-refractivity contribution in [2.24, 2.45) is 4.99 Å². The zero-order chi connectivity index (χ0) is 11.6. The summed E-state index contributed by atoms with van der Waals surface area (Å²) in [6.07, 6.45) is 0. The van der Waals surface area contributed by atoms with Crippen molar-refractivity contribution in [2.75, 3.05) is 0 Å². The van der Waals surface area contributed by atoms with Crippen LogP contribution in [0.3, 0.4) is 0 Å². The Kier molecular flexibility index (Phi) is 4.38. The number of halogens is 2. The monoisotopic (exact) mass is 261 g/mol. The van der Waals surface area contributed by atoms with Crippen molar-refractivity contribution in [3.05, 3.63) is 33.1 Å². The van der Waals surface area contributed by atoms with Crippen LogP contribution in [0.1, 0.15) is 35.8 Å². The molecule has 0 bridgehead atoms. The van der Waals surface area contributed by atoms with Crippen LogP contribution in [-0.4, -0.2) is 5.17 Å². The van der Waals surface area contributed by atoms with Gasteiger partial charge in [0.15, 0.2) is 0 Å². The van der Waals surface area contributed by atoms with E-state index in [0.29, 0.717) is 11.1 Å². The van der Waals surface area contributed by atoms with Gasteiger partial charge in [-0.15, -0.1) is 11.3 Å². The van der Waals surface area contributed by atoms with Crippen LogP contribution in [0, 0.1) is 6.92 Å². The third-order valence-corrected chi connectivity index (χ3v) is 3.68. The predicted molar refractivity (Wildman–Crippen MR) is 70.5 cm³/mol. The molecule has 15 heavy (non-hydrogen) atoms. The zero-order valence-electron chi connectivity index (χ0n) is 8.97. The maximum absolute atomic E-state index is 6.04. The van der Waals surface area contributed by atoms with E-state index in [1.165, 1.54) is 11.1 Å². The second kappa shape index (κ2) is 5.15. The molecule has 1 rings (SSSR count). The fourth-order valence-electron chi connectivity index (χ4n) is 1.36. The second-order valence-electron chi connectivity index (χ2n) is 3.58. The first-order valence-corrected chi connectivity index (χ1v) is 6.24. The van der Waals surface area contributed by atoms with Gasteiger partial charge in [-0.2, -0.15) is 0 Å². The molecule has 0 atom stereocenters. The topological polar surface area (TPSA) is 12.4 Å². The van der Waals surface area contributed by atoms with Crippen LogP contribution in [-0.2, 0) is 0 Å². The Labute approximate surface area is 104 Å². The highest BCUT2D eigenvalue weighted by Crippen LogP contribution is 2.29. The number of thiophene rings is 1. The molecule has 0 amide bonds. The van der Waals surface area contributed by atoms with Crippen LogP contribution < -0.4 is 0 Å². The lowest BCUT2D eigenvalue weighted by molar-refractivity contribution is 0.863. The van der Waals surface area contributed by atoms with Crippen molar-refractivity contribution in [1.82, 2.24) is 0 Å². The van der Waals surface area contributed by atoms with E-state index in [2.05, 4.69) is 37.7 Å². The molecule has 0 aliphatic carbocycles. The highest BCUT2D eigenvalue weighted by atomic mass is 35.5. The molecule has 0 saturated carbocycles. The SMILES string of the molecule is C=C(Cl)/N=C(/Cl)c1scc(C(C)C)c1C. The van der Waals surface area contributed by atoms with Crippen molar-refractivity contribution in [1.29, 1.82) is 0 Å². The van der Waals surface area contributed by atoms with E-state index >= 15 is 0 Å². The van der Waals surface area contributed by atoms with Gasteiger partial charge in [0.1, 0.15) is 10.3 Å². The molecular formula is C11H13Cl2NS. The standard InChI is InChI=1S/C11H13Cl2NS/c1-6(2)9-5-15-10(7(9)3)11(13)14-8(4)12/h5-6H,4H2,1-3H3/b14-11+. The molecule has 0 aromatic carbocycles. The lowest BCUT2D eigenvalue weighted by atomic mass is 10.0. The lowest BCUT2D eigenvalue weighted by Gasteiger charge is -2.04. The summed E-state index contributed by atoms with van der Waals surface area (Å²) in [6.45, 7) is 9.86. The Bertz CT molecular complexity index is 405. The molecule has 1 heterocycles. The van der Waals surface area contributed by atoms with Gasteiger partial charge in [0.05, 0.1) is 4.88 Å². The van der Waals surface area contributed by atoms with Gasteiger partial charge in [0, 0.05) is 0 Å². The van der Waals surface area contributed by atoms with E-state index in [9.17, 15) is 0 Å². The summed E-state index contributed by atoms with van der Waals surface area (Å²) in [5.41, 5.74) is 2.49. The lowest BCUT2D eigenvalue weighted by Crippen LogP contribution is -1.93. The summed E-state index contributed by atoms with van der Waals surface area (Å²) in [6, 6.07) is 0. The van der Waals surface area contributed by atoms with Crippen LogP contribution in [0.15, 0.2) is 22.1 Å². The summed E-state index contributed by atoms with van der Waals surface area (Å²) in [7, 11) is 0. The number of nitrogens with zero attached hydrogens (tertiary/aromatic N) is 1. The van der Waals surface area contributed by atoms with Crippen LogP contribution >= 0.6 is 34.5 Å². The molecule has 4 heteroatoms. The Morgan fingerprint density at radius 2 is 2.07 bits per heavy atom. The third-order valence-electron chi connectivity index (χ3n) is 2.11. The molecule has 82 valence electrons. The van der Waals surface area contributed by atoms with E-state index in [0.717, 1.165) is 4.88 Å². The van der Waals surface area contributed by atoms with Crippen molar-refractivity contribution in [3.63, 3.8) is 0 Å². The van der Waals surface area contributed by atoms with Crippen molar-refractivity contribution in [2.45, 2.75) is 26.7 Å². The first-order valence-electron chi connectivity index (χ1n) is 4.60. The summed E-state index contributed by atoms with van der Waals surface area (Å²) in [5, 5.41) is 2.74. The van der Waals surface area contributed by atoms with E-state index in [1.54, 1.807) is 11.3 Å². The Hall–Kier alpha value is -0.310. The van der Waals surface area contributed by atoms with Crippen LogP contribution in [0.2, 0.25) is 0 Å². The van der Waals surface area contributed by atoms with Crippen LogP contribution in [0.25, 0.3) is 0 Å². The van der Waals surface area contributed by atoms with E-state index < -0.39 is 0 Å². The maximum Gasteiger partial charge on any atom is 0.148 e. The zero-order valence-corrected chi connectivity index (χ0v) is 11.3. The van der Waals surface area contributed by atoms with Gasteiger partial charge in [-0.05, 0) is 29.3 Å². The molecular weight excluding hydrogens is 249 g/mol. The van der Waals surface area contributed by atoms with Gasteiger partial charge in [-0.3, -0.25) is 0 Å². The van der Waals surface area contributed by atoms with Crippen LogP contribution in [0.5, 0.6) is 0 Å². The van der Waals surface area contributed by atoms with Gasteiger partial charge < -0.3 is 0 Å². The van der Waals surface area contributed by atoms with Gasteiger partial charge in [0.2, 0.25) is 0 Å². The number of aliphatic imine (C=N–C) groups is 1. The summed E-state index contributed by atoms with van der Waals surface area (Å²) < 4.78 is 0. The van der Waals surface area contributed by atoms with E-state index in [1.807, 2.05) is 0 Å². The summed E-state index contributed by atoms with van der Waals surface area (Å²) >= 11 is 13.2. The molecule has 0 aliphatic heterocycles. The fourth-order valence-corrected chi connectivity index (χ4v) is 3.00. The Balaban J connectivity index is 3.12. The third kappa shape index (κ3) is 3.07. The average Bonchev–Trinajstić information content (AvgIpc) is 2.45. The smallest absolute Gasteiger partial charge is 0.148 e. The minimum absolute atomic E-state index is 0.207. The molecule has 1 aromatic heterocycles. The summed E-state index contributed by atoms with van der Waals surface area (Å²) in [5.74, 6) is 0.499. The number of hydrogen-bond acceptors (Lipinski definition) is 2.